The van der Waals surface area contributed by atoms with E-state index in [2.05, 4.69) is 36.6 Å². The summed E-state index contributed by atoms with van der Waals surface area (Å²) in [6, 6.07) is 0. The van der Waals surface area contributed by atoms with Gasteiger partial charge in [0.2, 0.25) is 0 Å². The van der Waals surface area contributed by atoms with Gasteiger partial charge >= 0.3 is 0 Å². The van der Waals surface area contributed by atoms with Gasteiger partial charge in [-0.25, -0.2) is 0 Å². The zero-order chi connectivity index (χ0) is 7.28. The molecule has 0 aliphatic rings. The van der Waals surface area contributed by atoms with E-state index < -0.39 is 6.29 Å². The van der Waals surface area contributed by atoms with E-state index in [0.717, 1.165) is 10.7 Å². The van der Waals surface area contributed by atoms with Crippen molar-refractivity contribution in [2.24, 2.45) is 5.92 Å². The Hall–Kier alpha value is 0.880. The molecule has 0 aliphatic carbocycles. The molecule has 0 rings (SSSR count). The monoisotopic (exact) mass is 260 g/mol. The summed E-state index contributed by atoms with van der Waals surface area (Å²) in [5.74, 6) is 0.134. The average Bonchev–Trinajstić information content (AvgIpc) is 1.90. The maximum absolute atomic E-state index is 9.04. The second-order valence-corrected chi connectivity index (χ2v) is 2.99. The lowest BCUT2D eigenvalue weighted by atomic mass is 10.2. The highest BCUT2D eigenvalue weighted by molar-refractivity contribution is 9.09. The quantitative estimate of drug-likeness (QED) is 0.612. The molecule has 0 amide bonds. The molecule has 0 bridgehead atoms. The van der Waals surface area contributed by atoms with E-state index >= 15 is 0 Å². The number of halogens is 2. The molecule has 56 valence electrons. The molecular formula is C5H10Br2O2. The molecular weight excluding hydrogens is 252 g/mol. The lowest BCUT2D eigenvalue weighted by Crippen LogP contribution is -2.24. The molecule has 4 heteroatoms. The number of aliphatic hydroxyl groups is 1. The molecule has 1 atom stereocenters. The fourth-order valence-electron chi connectivity index (χ4n) is 0.386. The van der Waals surface area contributed by atoms with Crippen LogP contribution in [0.5, 0.6) is 0 Å². The van der Waals surface area contributed by atoms with Crippen LogP contribution in [0.25, 0.3) is 0 Å². The largest absolute Gasteiger partial charge is 0.368 e. The topological polar surface area (TPSA) is 29.5 Å². The Morgan fingerprint density at radius 2 is 1.89 bits per heavy atom. The summed E-state index contributed by atoms with van der Waals surface area (Å²) in [5.41, 5.74) is 0. The third-order valence-corrected chi connectivity index (χ3v) is 2.70. The second kappa shape index (κ2) is 5.65. The van der Waals surface area contributed by atoms with Crippen molar-refractivity contribution < 1.29 is 9.84 Å². The summed E-state index contributed by atoms with van der Waals surface area (Å²) >= 11 is 6.49. The molecule has 9 heavy (non-hydrogen) atoms. The number of hydrogen-bond donors (Lipinski definition) is 1. The van der Waals surface area contributed by atoms with Crippen LogP contribution in [0.15, 0.2) is 0 Å². The number of ether oxygens (including phenoxy) is 1. The van der Waals surface area contributed by atoms with Crippen molar-refractivity contribution in [3.05, 3.63) is 0 Å². The van der Waals surface area contributed by atoms with Gasteiger partial charge < -0.3 is 9.84 Å². The molecule has 0 heterocycles. The van der Waals surface area contributed by atoms with Gasteiger partial charge in [0.15, 0.2) is 6.29 Å². The van der Waals surface area contributed by atoms with E-state index in [4.69, 9.17) is 5.11 Å². The minimum absolute atomic E-state index is 0.134. The van der Waals surface area contributed by atoms with Gasteiger partial charge in [0.05, 0.1) is 0 Å². The first-order valence-corrected chi connectivity index (χ1v) is 4.83. The predicted molar refractivity (Wildman–Crippen MR) is 44.1 cm³/mol. The summed E-state index contributed by atoms with van der Waals surface area (Å²) in [6.45, 7) is 0. The van der Waals surface area contributed by atoms with Crippen LogP contribution in [0.3, 0.4) is 0 Å². The molecule has 0 aromatic carbocycles. The lowest BCUT2D eigenvalue weighted by molar-refractivity contribution is -0.100. The second-order valence-electron chi connectivity index (χ2n) is 1.69. The van der Waals surface area contributed by atoms with Gasteiger partial charge in [-0.3, -0.25) is 0 Å². The maximum Gasteiger partial charge on any atom is 0.158 e. The molecule has 0 spiro atoms. The zero-order valence-electron chi connectivity index (χ0n) is 5.18. The molecule has 0 radical (unpaired) electrons. The first-order valence-electron chi connectivity index (χ1n) is 2.59. The number of rotatable bonds is 4. The molecule has 0 aromatic heterocycles. The van der Waals surface area contributed by atoms with E-state index in [-0.39, 0.29) is 5.92 Å². The van der Waals surface area contributed by atoms with Crippen molar-refractivity contribution in [3.8, 4) is 0 Å². The Morgan fingerprint density at radius 3 is 2.00 bits per heavy atom. The van der Waals surface area contributed by atoms with E-state index in [1.807, 2.05) is 0 Å². The van der Waals surface area contributed by atoms with E-state index in [1.165, 1.54) is 7.11 Å². The highest BCUT2D eigenvalue weighted by Gasteiger charge is 2.14. The van der Waals surface area contributed by atoms with Crippen LogP contribution in [0, 0.1) is 5.92 Å². The van der Waals surface area contributed by atoms with E-state index in [1.54, 1.807) is 0 Å². The number of methoxy groups -OCH3 is 1. The third kappa shape index (κ3) is 3.55. The first-order chi connectivity index (χ1) is 4.26. The SMILES string of the molecule is COC(O)C(CBr)CBr. The summed E-state index contributed by atoms with van der Waals surface area (Å²) in [4.78, 5) is 0. The van der Waals surface area contributed by atoms with Crippen molar-refractivity contribution in [2.45, 2.75) is 6.29 Å². The van der Waals surface area contributed by atoms with E-state index in [0.29, 0.717) is 0 Å². The van der Waals surface area contributed by atoms with Crippen LogP contribution < -0.4 is 0 Å². The number of aliphatic hydroxyl groups excluding tert-OH is 1. The Morgan fingerprint density at radius 1 is 1.44 bits per heavy atom. The molecule has 0 saturated carbocycles. The lowest BCUT2D eigenvalue weighted by Gasteiger charge is -2.15. The van der Waals surface area contributed by atoms with Crippen LogP contribution in [-0.4, -0.2) is 29.2 Å². The molecule has 0 aliphatic heterocycles. The van der Waals surface area contributed by atoms with Crippen molar-refractivity contribution in [1.29, 1.82) is 0 Å². The number of alkyl halides is 2. The maximum atomic E-state index is 9.04. The highest BCUT2D eigenvalue weighted by atomic mass is 79.9. The minimum atomic E-state index is -0.663. The van der Waals surface area contributed by atoms with Crippen molar-refractivity contribution in [3.63, 3.8) is 0 Å². The summed E-state index contributed by atoms with van der Waals surface area (Å²) in [6.07, 6.45) is -0.663. The van der Waals surface area contributed by atoms with Crippen LogP contribution in [-0.2, 0) is 4.74 Å². The van der Waals surface area contributed by atoms with Gasteiger partial charge in [-0.2, -0.15) is 0 Å². The molecule has 1 N–H and O–H groups in total. The Labute approximate surface area is 71.8 Å². The molecule has 0 fully saturated rings. The van der Waals surface area contributed by atoms with Gasteiger partial charge in [-0.1, -0.05) is 31.9 Å². The van der Waals surface area contributed by atoms with Crippen molar-refractivity contribution in [2.75, 3.05) is 17.8 Å². The van der Waals surface area contributed by atoms with Crippen LogP contribution in [0.1, 0.15) is 0 Å². The molecule has 0 saturated heterocycles. The van der Waals surface area contributed by atoms with Crippen LogP contribution >= 0.6 is 31.9 Å². The summed E-state index contributed by atoms with van der Waals surface area (Å²) in [7, 11) is 1.49. The van der Waals surface area contributed by atoms with Crippen LogP contribution in [0.2, 0.25) is 0 Å². The third-order valence-electron chi connectivity index (χ3n) is 1.04. The van der Waals surface area contributed by atoms with Gasteiger partial charge in [0.1, 0.15) is 0 Å². The smallest absolute Gasteiger partial charge is 0.158 e. The summed E-state index contributed by atoms with van der Waals surface area (Å²) in [5, 5.41) is 10.5. The molecule has 0 aromatic rings. The predicted octanol–water partition coefficient (Wildman–Crippen LogP) is 1.36. The van der Waals surface area contributed by atoms with Gasteiger partial charge in [0, 0.05) is 23.7 Å². The average molecular weight is 262 g/mol. The van der Waals surface area contributed by atoms with E-state index in [9.17, 15) is 0 Å². The first kappa shape index (κ1) is 9.88. The Balaban J connectivity index is 3.50. The fraction of sp³-hybridized carbons (Fsp3) is 1.00. The standard InChI is InChI=1S/C5H10Br2O2/c1-9-5(8)4(2-6)3-7/h4-5,8H,2-3H2,1H3. The van der Waals surface area contributed by atoms with Crippen molar-refractivity contribution in [1.82, 2.24) is 0 Å². The number of hydrogen-bond acceptors (Lipinski definition) is 2. The van der Waals surface area contributed by atoms with Gasteiger partial charge in [-0.15, -0.1) is 0 Å². The van der Waals surface area contributed by atoms with Gasteiger partial charge in [-0.05, 0) is 0 Å². The minimum Gasteiger partial charge on any atom is -0.368 e. The molecule has 1 unspecified atom stereocenters. The van der Waals surface area contributed by atoms with Gasteiger partial charge in [0.25, 0.3) is 0 Å². The van der Waals surface area contributed by atoms with Crippen molar-refractivity contribution >= 4 is 31.9 Å². The fourth-order valence-corrected chi connectivity index (χ4v) is 2.10. The Kier molecular flexibility index (Phi) is 6.20. The normalized spacial score (nSPS) is 14.3. The Bertz CT molecular complexity index is 66.0. The molecule has 2 nitrogen and oxygen atoms in total. The highest BCUT2D eigenvalue weighted by Crippen LogP contribution is 2.10. The summed E-state index contributed by atoms with van der Waals surface area (Å²) < 4.78 is 4.69. The van der Waals surface area contributed by atoms with Crippen LogP contribution in [0.4, 0.5) is 0 Å². The zero-order valence-corrected chi connectivity index (χ0v) is 8.35.